The van der Waals surface area contributed by atoms with Crippen molar-refractivity contribution in [1.29, 1.82) is 0 Å². The number of nitrogens with two attached hydrogens (primary N) is 1. The average molecular weight is 237 g/mol. The maximum absolute atomic E-state index is 5.54. The van der Waals surface area contributed by atoms with Crippen molar-refractivity contribution in [3.8, 4) is 0 Å². The second-order valence-electron chi connectivity index (χ2n) is 4.28. The van der Waals surface area contributed by atoms with Crippen molar-refractivity contribution in [1.82, 2.24) is 4.98 Å². The van der Waals surface area contributed by atoms with E-state index in [-0.39, 0.29) is 5.54 Å². The summed E-state index contributed by atoms with van der Waals surface area (Å²) in [4.78, 5) is 4.41. The molecule has 5 heteroatoms. The minimum absolute atomic E-state index is 0.00512. The van der Waals surface area contributed by atoms with Gasteiger partial charge < -0.3 is 15.8 Å². The fourth-order valence-electron chi connectivity index (χ4n) is 1.76. The molecule has 0 bridgehead atoms. The Morgan fingerprint density at radius 3 is 3.12 bits per heavy atom. The number of pyridine rings is 1. The number of nitrogens with one attached hydrogen (secondary N) is 1. The molecule has 2 rings (SSSR count). The first-order valence-corrected chi connectivity index (χ1v) is 5.62. The fourth-order valence-corrected chi connectivity index (χ4v) is 1.87. The van der Waals surface area contributed by atoms with E-state index in [4.69, 9.17) is 22.7 Å². The zero-order chi connectivity index (χ0) is 11.6. The SMILES string of the molecule is CC1(Nc2ccnc(C(N)=S)c2)CCOC1. The molecule has 1 atom stereocenters. The second-order valence-corrected chi connectivity index (χ2v) is 4.72. The van der Waals surface area contributed by atoms with Gasteiger partial charge in [-0.25, -0.2) is 0 Å². The van der Waals surface area contributed by atoms with Crippen LogP contribution < -0.4 is 11.1 Å². The van der Waals surface area contributed by atoms with Crippen LogP contribution in [0, 0.1) is 0 Å². The lowest BCUT2D eigenvalue weighted by atomic mass is 10.0. The third-order valence-electron chi connectivity index (χ3n) is 2.68. The molecule has 0 radical (unpaired) electrons. The van der Waals surface area contributed by atoms with Gasteiger partial charge in [-0.05, 0) is 25.5 Å². The molecule has 0 spiro atoms. The van der Waals surface area contributed by atoms with E-state index in [1.165, 1.54) is 0 Å². The second kappa shape index (κ2) is 4.35. The highest BCUT2D eigenvalue weighted by molar-refractivity contribution is 7.80. The van der Waals surface area contributed by atoms with Gasteiger partial charge in [-0.15, -0.1) is 0 Å². The van der Waals surface area contributed by atoms with Crippen LogP contribution >= 0.6 is 12.2 Å². The highest BCUT2D eigenvalue weighted by atomic mass is 32.1. The third-order valence-corrected chi connectivity index (χ3v) is 2.89. The highest BCUT2D eigenvalue weighted by Gasteiger charge is 2.29. The van der Waals surface area contributed by atoms with Gasteiger partial charge in [-0.3, -0.25) is 4.98 Å². The molecule has 1 fully saturated rings. The van der Waals surface area contributed by atoms with Crippen LogP contribution in [0.15, 0.2) is 18.3 Å². The minimum atomic E-state index is -0.00512. The Balaban J connectivity index is 2.15. The summed E-state index contributed by atoms with van der Waals surface area (Å²) >= 11 is 4.89. The summed E-state index contributed by atoms with van der Waals surface area (Å²) in [6.45, 7) is 3.66. The lowest BCUT2D eigenvalue weighted by Crippen LogP contribution is -2.35. The van der Waals surface area contributed by atoms with Gasteiger partial charge in [0.2, 0.25) is 0 Å². The van der Waals surface area contributed by atoms with Crippen LogP contribution in [0.2, 0.25) is 0 Å². The molecule has 16 heavy (non-hydrogen) atoms. The zero-order valence-electron chi connectivity index (χ0n) is 9.19. The van der Waals surface area contributed by atoms with Crippen molar-refractivity contribution in [2.75, 3.05) is 18.5 Å². The number of thiocarbonyl (C=S) groups is 1. The van der Waals surface area contributed by atoms with Gasteiger partial charge in [0, 0.05) is 18.5 Å². The van der Waals surface area contributed by atoms with Gasteiger partial charge >= 0.3 is 0 Å². The molecular formula is C11H15N3OS. The van der Waals surface area contributed by atoms with Crippen molar-refractivity contribution < 1.29 is 4.74 Å². The monoisotopic (exact) mass is 237 g/mol. The van der Waals surface area contributed by atoms with Gasteiger partial charge in [-0.1, -0.05) is 12.2 Å². The summed E-state index contributed by atoms with van der Waals surface area (Å²) in [5, 5.41) is 3.43. The van der Waals surface area contributed by atoms with E-state index in [0.29, 0.717) is 10.7 Å². The van der Waals surface area contributed by atoms with Crippen molar-refractivity contribution >= 4 is 22.9 Å². The van der Waals surface area contributed by atoms with Crippen LogP contribution in [-0.4, -0.2) is 28.7 Å². The van der Waals surface area contributed by atoms with Crippen LogP contribution in [0.25, 0.3) is 0 Å². The first kappa shape index (κ1) is 11.3. The Kier molecular flexibility index (Phi) is 3.07. The molecule has 0 saturated carbocycles. The molecule has 2 heterocycles. The molecule has 1 aromatic heterocycles. The van der Waals surface area contributed by atoms with E-state index in [0.717, 1.165) is 25.3 Å². The fraction of sp³-hybridized carbons (Fsp3) is 0.455. The molecule has 4 nitrogen and oxygen atoms in total. The Bertz CT molecular complexity index is 402. The molecule has 0 amide bonds. The Hall–Kier alpha value is -1.20. The number of hydrogen-bond acceptors (Lipinski definition) is 4. The summed E-state index contributed by atoms with van der Waals surface area (Å²) in [6.07, 6.45) is 2.70. The summed E-state index contributed by atoms with van der Waals surface area (Å²) in [5.41, 5.74) is 7.15. The lowest BCUT2D eigenvalue weighted by molar-refractivity contribution is 0.185. The quantitative estimate of drug-likeness (QED) is 0.776. The van der Waals surface area contributed by atoms with Crippen LogP contribution in [0.1, 0.15) is 19.0 Å². The number of aromatic nitrogens is 1. The minimum Gasteiger partial charge on any atom is -0.388 e. The standard InChI is InChI=1S/C11H15N3OS/c1-11(3-5-15-7-11)14-8-2-4-13-9(6-8)10(12)16/h2,4,6H,3,5,7H2,1H3,(H2,12,16)(H,13,14). The summed E-state index contributed by atoms with van der Waals surface area (Å²) in [6, 6.07) is 3.78. The number of ether oxygens (including phenoxy) is 1. The lowest BCUT2D eigenvalue weighted by Gasteiger charge is -2.25. The average Bonchev–Trinajstić information content (AvgIpc) is 2.65. The van der Waals surface area contributed by atoms with E-state index in [2.05, 4.69) is 17.2 Å². The Morgan fingerprint density at radius 2 is 2.50 bits per heavy atom. The number of hydrogen-bond donors (Lipinski definition) is 2. The van der Waals surface area contributed by atoms with Gasteiger partial charge in [0.1, 0.15) is 4.99 Å². The molecule has 0 aliphatic carbocycles. The van der Waals surface area contributed by atoms with Gasteiger partial charge in [-0.2, -0.15) is 0 Å². The molecule has 1 saturated heterocycles. The smallest absolute Gasteiger partial charge is 0.122 e. The van der Waals surface area contributed by atoms with Crippen molar-refractivity contribution in [2.45, 2.75) is 18.9 Å². The largest absolute Gasteiger partial charge is 0.388 e. The maximum atomic E-state index is 5.54. The summed E-state index contributed by atoms with van der Waals surface area (Å²) in [7, 11) is 0. The molecule has 1 aromatic rings. The Labute approximate surface area is 100 Å². The topological polar surface area (TPSA) is 60.2 Å². The van der Waals surface area contributed by atoms with Crippen molar-refractivity contribution in [2.24, 2.45) is 5.73 Å². The number of nitrogens with zero attached hydrogens (tertiary/aromatic N) is 1. The number of rotatable bonds is 3. The summed E-state index contributed by atoms with van der Waals surface area (Å²) in [5.74, 6) is 0. The normalized spacial score (nSPS) is 24.3. The van der Waals surface area contributed by atoms with Crippen LogP contribution in [0.3, 0.4) is 0 Å². The van der Waals surface area contributed by atoms with E-state index in [9.17, 15) is 0 Å². The molecule has 1 aliphatic rings. The van der Waals surface area contributed by atoms with Crippen LogP contribution in [-0.2, 0) is 4.74 Å². The Morgan fingerprint density at radius 1 is 1.69 bits per heavy atom. The van der Waals surface area contributed by atoms with E-state index >= 15 is 0 Å². The van der Waals surface area contributed by atoms with E-state index in [1.807, 2.05) is 12.1 Å². The molecule has 86 valence electrons. The van der Waals surface area contributed by atoms with Crippen molar-refractivity contribution in [3.63, 3.8) is 0 Å². The molecule has 0 aromatic carbocycles. The highest BCUT2D eigenvalue weighted by Crippen LogP contribution is 2.23. The zero-order valence-corrected chi connectivity index (χ0v) is 10.0. The first-order valence-electron chi connectivity index (χ1n) is 5.21. The third kappa shape index (κ3) is 2.48. The first-order chi connectivity index (χ1) is 7.59. The molecule has 1 aliphatic heterocycles. The molecule has 1 unspecified atom stereocenters. The van der Waals surface area contributed by atoms with E-state index in [1.54, 1.807) is 6.20 Å². The molecule has 3 N–H and O–H groups in total. The number of anilines is 1. The van der Waals surface area contributed by atoms with Gasteiger partial charge in [0.25, 0.3) is 0 Å². The van der Waals surface area contributed by atoms with Crippen molar-refractivity contribution in [3.05, 3.63) is 24.0 Å². The predicted octanol–water partition coefficient (Wildman–Crippen LogP) is 1.31. The van der Waals surface area contributed by atoms with Gasteiger partial charge in [0.05, 0.1) is 17.8 Å². The van der Waals surface area contributed by atoms with Crippen LogP contribution in [0.4, 0.5) is 5.69 Å². The van der Waals surface area contributed by atoms with E-state index < -0.39 is 0 Å². The van der Waals surface area contributed by atoms with Gasteiger partial charge in [0.15, 0.2) is 0 Å². The van der Waals surface area contributed by atoms with Crippen LogP contribution in [0.5, 0.6) is 0 Å². The summed E-state index contributed by atoms with van der Waals surface area (Å²) < 4.78 is 5.38. The maximum Gasteiger partial charge on any atom is 0.122 e. The predicted molar refractivity (Wildman–Crippen MR) is 67.6 cm³/mol. The molecular weight excluding hydrogens is 222 g/mol.